The molecule has 1 N–H and O–H groups in total. The van der Waals surface area contributed by atoms with Gasteiger partial charge in [-0.05, 0) is 50.1 Å². The van der Waals surface area contributed by atoms with Crippen molar-refractivity contribution < 1.29 is 4.74 Å². The van der Waals surface area contributed by atoms with Crippen LogP contribution >= 0.6 is 0 Å². The Morgan fingerprint density at radius 3 is 2.67 bits per heavy atom. The third-order valence-corrected chi connectivity index (χ3v) is 2.98. The first-order valence-corrected chi connectivity index (χ1v) is 7.32. The molecule has 0 spiro atoms. The zero-order valence-electron chi connectivity index (χ0n) is 12.8. The Bertz CT molecular complexity index is 545. The van der Waals surface area contributed by atoms with Crippen LogP contribution in [0.5, 0.6) is 5.75 Å². The molecule has 0 amide bonds. The van der Waals surface area contributed by atoms with Crippen LogP contribution in [0.1, 0.15) is 44.4 Å². The second kappa shape index (κ2) is 7.69. The number of ether oxygens (including phenoxy) is 1. The molecule has 0 saturated heterocycles. The largest absolute Gasteiger partial charge is 0.489 e. The van der Waals surface area contributed by atoms with E-state index in [2.05, 4.69) is 27.4 Å². The first-order chi connectivity index (χ1) is 10.2. The second-order valence-electron chi connectivity index (χ2n) is 5.18. The van der Waals surface area contributed by atoms with Crippen molar-refractivity contribution in [1.29, 1.82) is 0 Å². The van der Waals surface area contributed by atoms with Gasteiger partial charge in [-0.25, -0.2) is 0 Å². The Hall–Kier alpha value is -2.01. The fourth-order valence-corrected chi connectivity index (χ4v) is 2.12. The lowest BCUT2D eigenvalue weighted by molar-refractivity contribution is 0.241. The molecule has 112 valence electrons. The summed E-state index contributed by atoms with van der Waals surface area (Å²) in [5, 5.41) is 11.3. The molecule has 2 heterocycles. The number of hydrogen-bond donors (Lipinski definition) is 1. The molecular weight excluding hydrogens is 264 g/mol. The summed E-state index contributed by atoms with van der Waals surface area (Å²) in [7, 11) is 0. The monoisotopic (exact) mass is 286 g/mol. The first-order valence-electron chi connectivity index (χ1n) is 7.32. The number of aromatic nitrogens is 3. The first kappa shape index (κ1) is 15.4. The highest BCUT2D eigenvalue weighted by Gasteiger charge is 2.15. The van der Waals surface area contributed by atoms with Gasteiger partial charge in [0.1, 0.15) is 5.75 Å². The molecule has 0 aliphatic rings. The maximum absolute atomic E-state index is 5.73. The summed E-state index contributed by atoms with van der Waals surface area (Å²) in [5.74, 6) is 0.785. The molecular formula is C16H22N4O. The van der Waals surface area contributed by atoms with Gasteiger partial charge in [-0.15, -0.1) is 0 Å². The van der Waals surface area contributed by atoms with Crippen molar-refractivity contribution in [2.24, 2.45) is 0 Å². The van der Waals surface area contributed by atoms with Crippen LogP contribution in [0.3, 0.4) is 0 Å². The zero-order chi connectivity index (χ0) is 15.1. The lowest BCUT2D eigenvalue weighted by Gasteiger charge is -2.19. The molecule has 0 fully saturated rings. The summed E-state index contributed by atoms with van der Waals surface area (Å²) < 4.78 is 5.73. The molecule has 0 aliphatic heterocycles. The quantitative estimate of drug-likeness (QED) is 0.848. The zero-order valence-corrected chi connectivity index (χ0v) is 12.8. The molecule has 2 aromatic heterocycles. The van der Waals surface area contributed by atoms with Gasteiger partial charge in [-0.3, -0.25) is 4.98 Å². The molecule has 0 aromatic carbocycles. The Morgan fingerprint density at radius 1 is 1.14 bits per heavy atom. The fraction of sp³-hybridized carbons (Fsp3) is 0.438. The molecule has 0 bridgehead atoms. The van der Waals surface area contributed by atoms with Crippen molar-refractivity contribution in [3.8, 4) is 5.75 Å². The van der Waals surface area contributed by atoms with Crippen LogP contribution in [-0.4, -0.2) is 27.8 Å². The number of nitrogens with one attached hydrogen (secondary N) is 1. The van der Waals surface area contributed by atoms with E-state index in [9.17, 15) is 0 Å². The van der Waals surface area contributed by atoms with Gasteiger partial charge in [-0.1, -0.05) is 6.92 Å². The average molecular weight is 286 g/mol. The van der Waals surface area contributed by atoms with E-state index in [0.29, 0.717) is 0 Å². The molecule has 2 aromatic rings. The van der Waals surface area contributed by atoms with Gasteiger partial charge >= 0.3 is 0 Å². The maximum Gasteiger partial charge on any atom is 0.138 e. The van der Waals surface area contributed by atoms with Crippen molar-refractivity contribution in [2.45, 2.75) is 39.3 Å². The van der Waals surface area contributed by atoms with E-state index in [1.807, 2.05) is 32.2 Å². The normalized spacial score (nSPS) is 12.4. The number of nitrogens with zero attached hydrogens (tertiary/aromatic N) is 3. The van der Waals surface area contributed by atoms with Crippen LogP contribution in [-0.2, 0) is 0 Å². The summed E-state index contributed by atoms with van der Waals surface area (Å²) in [6, 6.07) is 4.04. The summed E-state index contributed by atoms with van der Waals surface area (Å²) in [6.07, 6.45) is 8.28. The average Bonchev–Trinajstić information content (AvgIpc) is 2.48. The number of hydrogen-bond acceptors (Lipinski definition) is 5. The van der Waals surface area contributed by atoms with Crippen molar-refractivity contribution in [1.82, 2.24) is 20.5 Å². The summed E-state index contributed by atoms with van der Waals surface area (Å²) in [5.41, 5.74) is 2.14. The molecule has 0 aliphatic carbocycles. The third kappa shape index (κ3) is 4.49. The van der Waals surface area contributed by atoms with Gasteiger partial charge in [-0.2, -0.15) is 10.2 Å². The van der Waals surface area contributed by atoms with Gasteiger partial charge in [0.2, 0.25) is 0 Å². The fourth-order valence-electron chi connectivity index (χ4n) is 2.12. The molecule has 21 heavy (non-hydrogen) atoms. The third-order valence-electron chi connectivity index (χ3n) is 2.98. The smallest absolute Gasteiger partial charge is 0.138 e. The van der Waals surface area contributed by atoms with Crippen LogP contribution in [0, 0.1) is 0 Å². The summed E-state index contributed by atoms with van der Waals surface area (Å²) in [6.45, 7) is 7.08. The van der Waals surface area contributed by atoms with E-state index in [1.165, 1.54) is 0 Å². The minimum atomic E-state index is 0.0451. The Morgan fingerprint density at radius 2 is 2.00 bits per heavy atom. The lowest BCUT2D eigenvalue weighted by Crippen LogP contribution is -2.23. The Kier molecular flexibility index (Phi) is 5.63. The molecule has 5 heteroatoms. The molecule has 0 radical (unpaired) electrons. The highest BCUT2D eigenvalue weighted by Crippen LogP contribution is 2.24. The molecule has 1 atom stereocenters. The van der Waals surface area contributed by atoms with Crippen molar-refractivity contribution in [3.63, 3.8) is 0 Å². The number of rotatable bonds is 7. The maximum atomic E-state index is 5.73. The Labute approximate surface area is 125 Å². The summed E-state index contributed by atoms with van der Waals surface area (Å²) >= 11 is 0. The van der Waals surface area contributed by atoms with E-state index < -0.39 is 0 Å². The molecule has 2 rings (SSSR count). The van der Waals surface area contributed by atoms with Crippen molar-refractivity contribution in [2.75, 3.05) is 6.54 Å². The van der Waals surface area contributed by atoms with Crippen LogP contribution < -0.4 is 10.1 Å². The topological polar surface area (TPSA) is 59.9 Å². The highest BCUT2D eigenvalue weighted by atomic mass is 16.5. The van der Waals surface area contributed by atoms with Gasteiger partial charge in [0.25, 0.3) is 0 Å². The lowest BCUT2D eigenvalue weighted by atomic mass is 10.0. The van der Waals surface area contributed by atoms with Crippen LogP contribution in [0.25, 0.3) is 0 Å². The molecule has 5 nitrogen and oxygen atoms in total. The van der Waals surface area contributed by atoms with E-state index in [0.717, 1.165) is 29.8 Å². The standard InChI is InChI=1S/C16H22N4O/c1-4-6-18-16(13-5-7-19-20-10-13)14-8-15(11-17-9-14)21-12(2)3/h5,7-12,16,18H,4,6H2,1-3H3. The second-order valence-corrected chi connectivity index (χ2v) is 5.18. The van der Waals surface area contributed by atoms with Gasteiger partial charge in [0.05, 0.1) is 24.5 Å². The Balaban J connectivity index is 2.28. The minimum Gasteiger partial charge on any atom is -0.489 e. The van der Waals surface area contributed by atoms with Crippen molar-refractivity contribution >= 4 is 0 Å². The van der Waals surface area contributed by atoms with Crippen molar-refractivity contribution in [3.05, 3.63) is 48.0 Å². The summed E-state index contributed by atoms with van der Waals surface area (Å²) in [4.78, 5) is 4.29. The number of pyridine rings is 1. The van der Waals surface area contributed by atoms with Gasteiger partial charge in [0.15, 0.2) is 0 Å². The van der Waals surface area contributed by atoms with Crippen LogP contribution in [0.4, 0.5) is 0 Å². The molecule has 0 saturated carbocycles. The van der Waals surface area contributed by atoms with Crippen LogP contribution in [0.2, 0.25) is 0 Å². The van der Waals surface area contributed by atoms with Crippen LogP contribution in [0.15, 0.2) is 36.9 Å². The van der Waals surface area contributed by atoms with Gasteiger partial charge in [0, 0.05) is 12.4 Å². The predicted molar refractivity (Wildman–Crippen MR) is 82.2 cm³/mol. The van der Waals surface area contributed by atoms with E-state index in [4.69, 9.17) is 4.74 Å². The van der Waals surface area contributed by atoms with E-state index in [-0.39, 0.29) is 12.1 Å². The minimum absolute atomic E-state index is 0.0451. The van der Waals surface area contributed by atoms with E-state index in [1.54, 1.807) is 18.6 Å². The molecule has 1 unspecified atom stereocenters. The van der Waals surface area contributed by atoms with Gasteiger partial charge < -0.3 is 10.1 Å². The SMILES string of the molecule is CCCNC(c1ccnnc1)c1cncc(OC(C)C)c1. The van der Waals surface area contributed by atoms with E-state index >= 15 is 0 Å². The predicted octanol–water partition coefficient (Wildman–Crippen LogP) is 2.75. The highest BCUT2D eigenvalue weighted by molar-refractivity contribution is 5.32.